The average Bonchev–Trinajstić information content (AvgIpc) is 3.17. The van der Waals surface area contributed by atoms with Crippen molar-refractivity contribution in [3.63, 3.8) is 0 Å². The SMILES string of the molecule is CCc1ccc(OCC(=O)Nc2ccc3oc(-c4cc(I)ccc4Cl)nc3c2)cc1. The van der Waals surface area contributed by atoms with Gasteiger partial charge in [0.25, 0.3) is 5.91 Å². The summed E-state index contributed by atoms with van der Waals surface area (Å²) in [6, 6.07) is 18.7. The standard InChI is InChI=1S/C23H18ClIN2O3/c1-2-14-3-7-17(8-4-14)29-13-22(28)26-16-6-10-21-20(12-16)27-23(30-21)18-11-15(25)5-9-19(18)24/h3-12H,2,13H2,1H3,(H,26,28). The zero-order chi connectivity index (χ0) is 21.1. The number of aryl methyl sites for hydroxylation is 1. The number of nitrogens with zero attached hydrogens (tertiary/aromatic N) is 1. The minimum atomic E-state index is -0.252. The van der Waals surface area contributed by atoms with Crippen LogP contribution in [0.25, 0.3) is 22.6 Å². The van der Waals surface area contributed by atoms with Crippen molar-refractivity contribution in [3.8, 4) is 17.2 Å². The molecule has 4 rings (SSSR count). The Morgan fingerprint density at radius 2 is 1.93 bits per heavy atom. The number of oxazole rings is 1. The first-order valence-electron chi connectivity index (χ1n) is 9.39. The fourth-order valence-electron chi connectivity index (χ4n) is 2.95. The number of anilines is 1. The molecule has 1 heterocycles. The van der Waals surface area contributed by atoms with Gasteiger partial charge in [0.2, 0.25) is 5.89 Å². The molecule has 0 radical (unpaired) electrons. The highest BCUT2D eigenvalue weighted by atomic mass is 127. The van der Waals surface area contributed by atoms with Gasteiger partial charge in [-0.15, -0.1) is 0 Å². The molecule has 0 bridgehead atoms. The predicted molar refractivity (Wildman–Crippen MR) is 127 cm³/mol. The normalized spacial score (nSPS) is 10.9. The Hall–Kier alpha value is -2.58. The van der Waals surface area contributed by atoms with Gasteiger partial charge in [-0.3, -0.25) is 4.79 Å². The van der Waals surface area contributed by atoms with Crippen molar-refractivity contribution in [1.82, 2.24) is 4.98 Å². The van der Waals surface area contributed by atoms with E-state index in [4.69, 9.17) is 20.8 Å². The van der Waals surface area contributed by atoms with Gasteiger partial charge in [-0.2, -0.15) is 0 Å². The number of hydrogen-bond acceptors (Lipinski definition) is 4. The highest BCUT2D eigenvalue weighted by Gasteiger charge is 2.13. The van der Waals surface area contributed by atoms with Crippen LogP contribution in [0.4, 0.5) is 5.69 Å². The Bertz CT molecular complexity index is 1210. The largest absolute Gasteiger partial charge is 0.484 e. The summed E-state index contributed by atoms with van der Waals surface area (Å²) in [5.41, 5.74) is 3.82. The van der Waals surface area contributed by atoms with E-state index < -0.39 is 0 Å². The second-order valence-electron chi connectivity index (χ2n) is 6.66. The topological polar surface area (TPSA) is 64.4 Å². The summed E-state index contributed by atoms with van der Waals surface area (Å²) in [5, 5.41) is 3.39. The lowest BCUT2D eigenvalue weighted by Gasteiger charge is -2.08. The number of amides is 1. The molecule has 0 saturated carbocycles. The number of benzene rings is 3. The number of rotatable bonds is 6. The molecule has 0 saturated heterocycles. The molecule has 0 aliphatic carbocycles. The van der Waals surface area contributed by atoms with Gasteiger partial charge in [-0.1, -0.05) is 30.7 Å². The summed E-state index contributed by atoms with van der Waals surface area (Å²) in [6.07, 6.45) is 0.961. The molecule has 30 heavy (non-hydrogen) atoms. The second-order valence-corrected chi connectivity index (χ2v) is 8.31. The summed E-state index contributed by atoms with van der Waals surface area (Å²) >= 11 is 8.50. The molecule has 0 atom stereocenters. The highest BCUT2D eigenvalue weighted by molar-refractivity contribution is 14.1. The fourth-order valence-corrected chi connectivity index (χ4v) is 3.64. The Kier molecular flexibility index (Phi) is 6.24. The van der Waals surface area contributed by atoms with Crippen LogP contribution in [0.5, 0.6) is 5.75 Å². The number of aromatic nitrogens is 1. The molecule has 152 valence electrons. The van der Waals surface area contributed by atoms with Gasteiger partial charge >= 0.3 is 0 Å². The first-order chi connectivity index (χ1) is 14.5. The molecule has 0 unspecified atom stereocenters. The number of hydrogen-bond donors (Lipinski definition) is 1. The van der Waals surface area contributed by atoms with Crippen LogP contribution >= 0.6 is 34.2 Å². The predicted octanol–water partition coefficient (Wildman–Crippen LogP) is 6.33. The van der Waals surface area contributed by atoms with Crippen LogP contribution in [-0.4, -0.2) is 17.5 Å². The highest BCUT2D eigenvalue weighted by Crippen LogP contribution is 2.32. The molecule has 7 heteroatoms. The Labute approximate surface area is 192 Å². The molecule has 3 aromatic carbocycles. The van der Waals surface area contributed by atoms with E-state index >= 15 is 0 Å². The van der Waals surface area contributed by atoms with Crippen LogP contribution in [0.2, 0.25) is 5.02 Å². The number of carbonyl (C=O) groups excluding carboxylic acids is 1. The van der Waals surface area contributed by atoms with Gasteiger partial charge < -0.3 is 14.5 Å². The quantitative estimate of drug-likeness (QED) is 0.295. The Morgan fingerprint density at radius 1 is 1.13 bits per heavy atom. The molecular weight excluding hydrogens is 515 g/mol. The van der Waals surface area contributed by atoms with Crippen LogP contribution in [0, 0.1) is 3.57 Å². The van der Waals surface area contributed by atoms with E-state index in [9.17, 15) is 4.79 Å². The zero-order valence-corrected chi connectivity index (χ0v) is 19.0. The maximum absolute atomic E-state index is 12.3. The third kappa shape index (κ3) is 4.76. The van der Waals surface area contributed by atoms with E-state index in [0.717, 1.165) is 15.6 Å². The van der Waals surface area contributed by atoms with E-state index in [-0.39, 0.29) is 12.5 Å². The molecule has 1 N–H and O–H groups in total. The van der Waals surface area contributed by atoms with Crippen molar-refractivity contribution < 1.29 is 13.9 Å². The summed E-state index contributed by atoms with van der Waals surface area (Å²) in [5.74, 6) is 0.850. The number of fused-ring (bicyclic) bond motifs is 1. The molecule has 0 spiro atoms. The number of ether oxygens (including phenoxy) is 1. The van der Waals surface area contributed by atoms with Crippen LogP contribution in [-0.2, 0) is 11.2 Å². The maximum atomic E-state index is 12.3. The van der Waals surface area contributed by atoms with Gasteiger partial charge in [0.05, 0.1) is 10.6 Å². The molecule has 1 aromatic heterocycles. The third-order valence-electron chi connectivity index (χ3n) is 4.53. The summed E-state index contributed by atoms with van der Waals surface area (Å²) in [4.78, 5) is 16.8. The minimum Gasteiger partial charge on any atom is -0.484 e. The Morgan fingerprint density at radius 3 is 2.70 bits per heavy atom. The van der Waals surface area contributed by atoms with Gasteiger partial charge in [-0.25, -0.2) is 4.98 Å². The monoisotopic (exact) mass is 532 g/mol. The van der Waals surface area contributed by atoms with Crippen molar-refractivity contribution in [3.05, 3.63) is 74.8 Å². The smallest absolute Gasteiger partial charge is 0.262 e. The van der Waals surface area contributed by atoms with Gasteiger partial charge in [0.15, 0.2) is 12.2 Å². The van der Waals surface area contributed by atoms with Crippen molar-refractivity contribution in [2.24, 2.45) is 0 Å². The van der Waals surface area contributed by atoms with E-state index in [1.807, 2.05) is 42.5 Å². The molecular formula is C23H18ClIN2O3. The van der Waals surface area contributed by atoms with Crippen molar-refractivity contribution in [2.45, 2.75) is 13.3 Å². The molecule has 4 aromatic rings. The fraction of sp³-hybridized carbons (Fsp3) is 0.130. The molecule has 1 amide bonds. The van der Waals surface area contributed by atoms with E-state index in [1.165, 1.54) is 5.56 Å². The van der Waals surface area contributed by atoms with Gasteiger partial charge in [0.1, 0.15) is 11.3 Å². The van der Waals surface area contributed by atoms with Gasteiger partial charge in [0, 0.05) is 9.26 Å². The molecule has 0 fully saturated rings. The van der Waals surface area contributed by atoms with E-state index in [1.54, 1.807) is 18.2 Å². The number of carbonyl (C=O) groups is 1. The molecule has 0 aliphatic rings. The number of halogens is 2. The number of nitrogens with one attached hydrogen (secondary N) is 1. The van der Waals surface area contributed by atoms with Crippen molar-refractivity contribution >= 4 is 56.9 Å². The van der Waals surface area contributed by atoms with E-state index in [2.05, 4.69) is 39.8 Å². The molecule has 5 nitrogen and oxygen atoms in total. The Balaban J connectivity index is 1.45. The zero-order valence-electron chi connectivity index (χ0n) is 16.1. The lowest BCUT2D eigenvalue weighted by Crippen LogP contribution is -2.20. The van der Waals surface area contributed by atoms with Crippen molar-refractivity contribution in [2.75, 3.05) is 11.9 Å². The first kappa shape index (κ1) is 20.7. The van der Waals surface area contributed by atoms with Crippen LogP contribution in [0.3, 0.4) is 0 Å². The lowest BCUT2D eigenvalue weighted by atomic mass is 10.2. The summed E-state index contributed by atoms with van der Waals surface area (Å²) in [6.45, 7) is 2.01. The summed E-state index contributed by atoms with van der Waals surface area (Å²) < 4.78 is 12.4. The molecule has 0 aliphatic heterocycles. The van der Waals surface area contributed by atoms with Crippen LogP contribution in [0.15, 0.2) is 65.1 Å². The minimum absolute atomic E-state index is 0.0777. The van der Waals surface area contributed by atoms with E-state index in [0.29, 0.717) is 33.4 Å². The lowest BCUT2D eigenvalue weighted by molar-refractivity contribution is -0.118. The van der Waals surface area contributed by atoms with Gasteiger partial charge in [-0.05, 0) is 83.1 Å². The second kappa shape index (κ2) is 9.06. The summed E-state index contributed by atoms with van der Waals surface area (Å²) in [7, 11) is 0. The first-order valence-corrected chi connectivity index (χ1v) is 10.8. The third-order valence-corrected chi connectivity index (χ3v) is 5.53. The van der Waals surface area contributed by atoms with Crippen LogP contribution < -0.4 is 10.1 Å². The van der Waals surface area contributed by atoms with Crippen LogP contribution in [0.1, 0.15) is 12.5 Å². The van der Waals surface area contributed by atoms with Crippen molar-refractivity contribution in [1.29, 1.82) is 0 Å². The maximum Gasteiger partial charge on any atom is 0.262 e. The average molecular weight is 533 g/mol.